The lowest BCUT2D eigenvalue weighted by Gasteiger charge is -2.08. The highest BCUT2D eigenvalue weighted by Crippen LogP contribution is 2.27. The maximum atomic E-state index is 9.25. The normalized spacial score (nSPS) is 10.2. The Balaban J connectivity index is 1.69. The number of ether oxygens (including phenoxy) is 2. The van der Waals surface area contributed by atoms with Gasteiger partial charge in [-0.25, -0.2) is 0 Å². The van der Waals surface area contributed by atoms with Crippen LogP contribution in [-0.4, -0.2) is 12.1 Å². The van der Waals surface area contributed by atoms with Crippen molar-refractivity contribution in [3.63, 3.8) is 0 Å². The van der Waals surface area contributed by atoms with Gasteiger partial charge in [0, 0.05) is 11.6 Å². The van der Waals surface area contributed by atoms with Crippen LogP contribution in [0.2, 0.25) is 5.02 Å². The zero-order valence-corrected chi connectivity index (χ0v) is 14.8. The van der Waals surface area contributed by atoms with E-state index in [1.54, 1.807) is 25.3 Å². The predicted molar refractivity (Wildman–Crippen MR) is 97.3 cm³/mol. The number of methoxy groups -OCH3 is 1. The summed E-state index contributed by atoms with van der Waals surface area (Å²) in [5.74, 6) is 1.74. The van der Waals surface area contributed by atoms with Gasteiger partial charge >= 0.3 is 0 Å². The summed E-state index contributed by atoms with van der Waals surface area (Å²) in [6.07, 6.45) is 0. The minimum absolute atomic E-state index is 0.0722. The summed E-state index contributed by atoms with van der Waals surface area (Å²) in [4.78, 5) is 4.14. The molecule has 3 aromatic rings. The molecule has 1 aromatic heterocycles. The van der Waals surface area contributed by atoms with Gasteiger partial charge in [-0.3, -0.25) is 0 Å². The maximum absolute atomic E-state index is 9.25. The number of benzene rings is 2. The van der Waals surface area contributed by atoms with E-state index < -0.39 is 0 Å². The van der Waals surface area contributed by atoms with Gasteiger partial charge in [0.15, 0.2) is 18.1 Å². The molecule has 7 heteroatoms. The molecule has 0 saturated heterocycles. The molecule has 0 amide bonds. The number of halogens is 1. The molecule has 0 unspecified atom stereocenters. The van der Waals surface area contributed by atoms with Crippen LogP contribution >= 0.6 is 11.6 Å². The van der Waals surface area contributed by atoms with Gasteiger partial charge in [-0.2, -0.15) is 10.2 Å². The third kappa shape index (κ3) is 4.08. The minimum Gasteiger partial charge on any atom is -0.493 e. The Hall–Kier alpha value is -3.17. The van der Waals surface area contributed by atoms with Gasteiger partial charge in [0.05, 0.1) is 7.11 Å². The van der Waals surface area contributed by atoms with Crippen molar-refractivity contribution in [3.8, 4) is 17.6 Å². The van der Waals surface area contributed by atoms with Crippen molar-refractivity contribution < 1.29 is 13.9 Å². The number of nitriles is 1. The summed E-state index contributed by atoms with van der Waals surface area (Å²) in [5, 5.41) is 12.9. The van der Waals surface area contributed by atoms with Gasteiger partial charge in [0.1, 0.15) is 6.07 Å². The Kier molecular flexibility index (Phi) is 5.62. The Morgan fingerprint density at radius 3 is 2.62 bits per heavy atom. The standard InChI is InChI=1S/C19H16ClN3O3/c1-24-16-8-4-5-9-17(16)25-12-18-23-15(10-21)19(26-18)22-11-13-6-2-3-7-14(13)20/h2-9,22H,11-12H2,1H3. The summed E-state index contributed by atoms with van der Waals surface area (Å²) in [5.41, 5.74) is 1.05. The van der Waals surface area contributed by atoms with Crippen LogP contribution in [0.3, 0.4) is 0 Å². The zero-order chi connectivity index (χ0) is 18.4. The van der Waals surface area contributed by atoms with Crippen molar-refractivity contribution in [2.45, 2.75) is 13.2 Å². The quantitative estimate of drug-likeness (QED) is 0.664. The van der Waals surface area contributed by atoms with Crippen LogP contribution in [0.5, 0.6) is 11.5 Å². The average Bonchev–Trinajstić information content (AvgIpc) is 3.08. The second-order valence-electron chi connectivity index (χ2n) is 5.28. The lowest BCUT2D eigenvalue weighted by molar-refractivity contribution is 0.251. The molecular formula is C19H16ClN3O3. The lowest BCUT2D eigenvalue weighted by atomic mass is 10.2. The first kappa shape index (κ1) is 17.6. The third-order valence-electron chi connectivity index (χ3n) is 3.59. The fourth-order valence-corrected chi connectivity index (χ4v) is 2.52. The topological polar surface area (TPSA) is 80.3 Å². The molecule has 0 saturated carbocycles. The number of hydrogen-bond donors (Lipinski definition) is 1. The van der Waals surface area contributed by atoms with E-state index in [4.69, 9.17) is 25.5 Å². The first-order valence-electron chi connectivity index (χ1n) is 7.84. The van der Waals surface area contributed by atoms with Crippen LogP contribution in [-0.2, 0) is 13.2 Å². The maximum Gasteiger partial charge on any atom is 0.236 e. The van der Waals surface area contributed by atoms with Crippen LogP contribution in [0.25, 0.3) is 0 Å². The minimum atomic E-state index is 0.0722. The number of para-hydroxylation sites is 2. The second-order valence-corrected chi connectivity index (χ2v) is 5.69. The fraction of sp³-hybridized carbons (Fsp3) is 0.158. The summed E-state index contributed by atoms with van der Waals surface area (Å²) >= 11 is 6.13. The highest BCUT2D eigenvalue weighted by molar-refractivity contribution is 6.31. The molecule has 0 bridgehead atoms. The Morgan fingerprint density at radius 2 is 1.88 bits per heavy atom. The van der Waals surface area contributed by atoms with E-state index in [0.717, 1.165) is 5.56 Å². The van der Waals surface area contributed by atoms with Gasteiger partial charge < -0.3 is 19.2 Å². The molecule has 0 fully saturated rings. The van der Waals surface area contributed by atoms with E-state index in [2.05, 4.69) is 10.3 Å². The molecule has 0 atom stereocenters. The van der Waals surface area contributed by atoms with Gasteiger partial charge in [-0.15, -0.1) is 0 Å². The average molecular weight is 370 g/mol. The third-order valence-corrected chi connectivity index (χ3v) is 3.96. The van der Waals surface area contributed by atoms with Crippen molar-refractivity contribution in [2.24, 2.45) is 0 Å². The zero-order valence-electron chi connectivity index (χ0n) is 14.0. The molecule has 0 aliphatic rings. The van der Waals surface area contributed by atoms with E-state index >= 15 is 0 Å². The van der Waals surface area contributed by atoms with Crippen LogP contribution < -0.4 is 14.8 Å². The molecule has 2 aromatic carbocycles. The highest BCUT2D eigenvalue weighted by Gasteiger charge is 2.14. The van der Waals surface area contributed by atoms with E-state index in [9.17, 15) is 5.26 Å². The molecule has 1 N–H and O–H groups in total. The monoisotopic (exact) mass is 369 g/mol. The molecule has 0 spiro atoms. The van der Waals surface area contributed by atoms with E-state index in [1.165, 1.54) is 0 Å². The molecule has 1 heterocycles. The van der Waals surface area contributed by atoms with Crippen molar-refractivity contribution >= 4 is 17.5 Å². The fourth-order valence-electron chi connectivity index (χ4n) is 2.32. The van der Waals surface area contributed by atoms with Crippen molar-refractivity contribution in [1.29, 1.82) is 5.26 Å². The Bertz CT molecular complexity index is 934. The second kappa shape index (κ2) is 8.28. The van der Waals surface area contributed by atoms with Crippen LogP contribution in [0, 0.1) is 11.3 Å². The molecule has 6 nitrogen and oxygen atoms in total. The molecule has 3 rings (SSSR count). The van der Waals surface area contributed by atoms with Crippen LogP contribution in [0.1, 0.15) is 17.1 Å². The summed E-state index contributed by atoms with van der Waals surface area (Å²) in [6.45, 7) is 0.485. The van der Waals surface area contributed by atoms with Gasteiger partial charge in [-0.05, 0) is 23.8 Å². The first-order valence-corrected chi connectivity index (χ1v) is 8.22. The summed E-state index contributed by atoms with van der Waals surface area (Å²) < 4.78 is 16.5. The van der Waals surface area contributed by atoms with Crippen LogP contribution in [0.15, 0.2) is 52.9 Å². The summed E-state index contributed by atoms with van der Waals surface area (Å²) in [6, 6.07) is 16.7. The smallest absolute Gasteiger partial charge is 0.236 e. The van der Waals surface area contributed by atoms with Crippen molar-refractivity contribution in [1.82, 2.24) is 4.98 Å². The lowest BCUT2D eigenvalue weighted by Crippen LogP contribution is -2.00. The highest BCUT2D eigenvalue weighted by atomic mass is 35.5. The summed E-state index contributed by atoms with van der Waals surface area (Å²) in [7, 11) is 1.57. The van der Waals surface area contributed by atoms with Crippen LogP contribution in [0.4, 0.5) is 5.88 Å². The number of nitrogens with zero attached hydrogens (tertiary/aromatic N) is 2. The number of aromatic nitrogens is 1. The van der Waals surface area contributed by atoms with Gasteiger partial charge in [0.25, 0.3) is 0 Å². The molecule has 132 valence electrons. The molecule has 0 radical (unpaired) electrons. The van der Waals surface area contributed by atoms with Gasteiger partial charge in [-0.1, -0.05) is 41.9 Å². The number of nitrogens with one attached hydrogen (secondary N) is 1. The molecular weight excluding hydrogens is 354 g/mol. The molecule has 26 heavy (non-hydrogen) atoms. The SMILES string of the molecule is COc1ccccc1OCc1nc(C#N)c(NCc2ccccc2Cl)o1. The number of anilines is 1. The van der Waals surface area contributed by atoms with E-state index in [1.807, 2.05) is 36.4 Å². The van der Waals surface area contributed by atoms with Crippen molar-refractivity contribution in [2.75, 3.05) is 12.4 Å². The number of rotatable bonds is 7. The predicted octanol–water partition coefficient (Wildman–Crippen LogP) is 4.40. The Labute approximate surface area is 155 Å². The molecule has 0 aliphatic carbocycles. The van der Waals surface area contributed by atoms with Crippen molar-refractivity contribution in [3.05, 3.63) is 70.7 Å². The number of hydrogen-bond acceptors (Lipinski definition) is 6. The van der Waals surface area contributed by atoms with Gasteiger partial charge in [0.2, 0.25) is 17.5 Å². The first-order chi connectivity index (χ1) is 12.7. The van der Waals surface area contributed by atoms with E-state index in [0.29, 0.717) is 23.1 Å². The Morgan fingerprint density at radius 1 is 1.15 bits per heavy atom. The number of oxazole rings is 1. The molecule has 0 aliphatic heterocycles. The largest absolute Gasteiger partial charge is 0.493 e. The van der Waals surface area contributed by atoms with E-state index in [-0.39, 0.29) is 24.1 Å².